The zero-order valence-corrected chi connectivity index (χ0v) is 13.9. The maximum Gasteiger partial charge on any atom is 0.573 e. The van der Waals surface area contributed by atoms with Crippen LogP contribution in [0.3, 0.4) is 0 Å². The molecule has 2 aliphatic rings. The molecule has 0 saturated heterocycles. The van der Waals surface area contributed by atoms with Gasteiger partial charge in [0.1, 0.15) is 0 Å². The maximum atomic E-state index is 14.6. The van der Waals surface area contributed by atoms with Gasteiger partial charge in [-0.1, -0.05) is 18.2 Å². The van der Waals surface area contributed by atoms with Crippen LogP contribution in [0.4, 0.5) is 17.6 Å². The smallest absolute Gasteiger partial charge is 0.486 e. The average molecular weight is 358 g/mol. The number of ether oxygens (including phenoxy) is 2. The summed E-state index contributed by atoms with van der Waals surface area (Å²) in [7, 11) is 0. The lowest BCUT2D eigenvalue weighted by Gasteiger charge is -2.19. The molecule has 138 valence electrons. The minimum atomic E-state index is -4.96. The molecule has 25 heavy (non-hydrogen) atoms. The lowest BCUT2D eigenvalue weighted by atomic mass is 10.1. The van der Waals surface area contributed by atoms with E-state index >= 15 is 0 Å². The standard InChI is InChI=1S/C19H22F4O2/c20-17-14(6-2-1-5-13-9-10-13)11-12-16(18(17)25-19(21,22)23)24-15-7-3-4-8-15/h1,5,11-13,15H,2-4,6-10H2/b5-1+. The highest BCUT2D eigenvalue weighted by Crippen LogP contribution is 2.39. The number of halogens is 4. The molecule has 2 fully saturated rings. The fourth-order valence-corrected chi connectivity index (χ4v) is 3.08. The number of aryl methyl sites for hydroxylation is 1. The topological polar surface area (TPSA) is 18.5 Å². The molecule has 6 heteroatoms. The number of rotatable bonds is 7. The molecule has 0 amide bonds. The van der Waals surface area contributed by atoms with Gasteiger partial charge >= 0.3 is 6.36 Å². The lowest BCUT2D eigenvalue weighted by molar-refractivity contribution is -0.276. The molecular formula is C19H22F4O2. The van der Waals surface area contributed by atoms with Crippen molar-refractivity contribution in [2.45, 2.75) is 63.8 Å². The lowest BCUT2D eigenvalue weighted by Crippen LogP contribution is -2.20. The molecule has 1 aromatic carbocycles. The molecule has 0 heterocycles. The first-order valence-corrected chi connectivity index (χ1v) is 8.83. The molecule has 0 N–H and O–H groups in total. The van der Waals surface area contributed by atoms with Gasteiger partial charge in [-0.05, 0) is 68.9 Å². The Morgan fingerprint density at radius 3 is 2.44 bits per heavy atom. The largest absolute Gasteiger partial charge is 0.573 e. The van der Waals surface area contributed by atoms with Crippen LogP contribution in [0.5, 0.6) is 11.5 Å². The van der Waals surface area contributed by atoms with Gasteiger partial charge in [-0.2, -0.15) is 0 Å². The van der Waals surface area contributed by atoms with Gasteiger partial charge in [0.15, 0.2) is 11.6 Å². The normalized spacial score (nSPS) is 18.9. The molecule has 0 aliphatic heterocycles. The monoisotopic (exact) mass is 358 g/mol. The molecule has 1 aromatic rings. The van der Waals surface area contributed by atoms with Crippen molar-refractivity contribution >= 4 is 0 Å². The Bertz CT molecular complexity index is 615. The summed E-state index contributed by atoms with van der Waals surface area (Å²) >= 11 is 0. The Morgan fingerprint density at radius 2 is 1.80 bits per heavy atom. The number of benzene rings is 1. The Morgan fingerprint density at radius 1 is 1.08 bits per heavy atom. The summed E-state index contributed by atoms with van der Waals surface area (Å²) in [6.45, 7) is 0. The minimum Gasteiger partial charge on any atom is -0.486 e. The van der Waals surface area contributed by atoms with Crippen LogP contribution in [-0.2, 0) is 6.42 Å². The van der Waals surface area contributed by atoms with Crippen LogP contribution in [0.15, 0.2) is 24.3 Å². The van der Waals surface area contributed by atoms with Crippen LogP contribution in [0.2, 0.25) is 0 Å². The van der Waals surface area contributed by atoms with Gasteiger partial charge < -0.3 is 9.47 Å². The van der Waals surface area contributed by atoms with E-state index in [1.54, 1.807) is 0 Å². The third-order valence-electron chi connectivity index (χ3n) is 4.57. The first-order chi connectivity index (χ1) is 11.9. The van der Waals surface area contributed by atoms with Gasteiger partial charge in [-0.15, -0.1) is 13.2 Å². The summed E-state index contributed by atoms with van der Waals surface area (Å²) in [6.07, 6.45) is 5.65. The Balaban J connectivity index is 1.75. The summed E-state index contributed by atoms with van der Waals surface area (Å²) < 4.78 is 62.2. The average Bonchev–Trinajstić information content (AvgIpc) is 3.22. The van der Waals surface area contributed by atoms with Crippen molar-refractivity contribution < 1.29 is 27.0 Å². The highest BCUT2D eigenvalue weighted by atomic mass is 19.4. The summed E-state index contributed by atoms with van der Waals surface area (Å²) in [5, 5.41) is 0. The third kappa shape index (κ3) is 5.38. The van der Waals surface area contributed by atoms with Crippen LogP contribution in [0.25, 0.3) is 0 Å². The number of hydrogen-bond acceptors (Lipinski definition) is 2. The first-order valence-electron chi connectivity index (χ1n) is 8.83. The van der Waals surface area contributed by atoms with E-state index in [0.717, 1.165) is 25.7 Å². The Hall–Kier alpha value is -1.72. The fraction of sp³-hybridized carbons (Fsp3) is 0.579. The van der Waals surface area contributed by atoms with Crippen LogP contribution in [0.1, 0.15) is 50.5 Å². The van der Waals surface area contributed by atoms with E-state index < -0.39 is 17.9 Å². The van der Waals surface area contributed by atoms with Crippen molar-refractivity contribution in [1.29, 1.82) is 0 Å². The van der Waals surface area contributed by atoms with E-state index in [-0.39, 0.29) is 17.4 Å². The van der Waals surface area contributed by atoms with E-state index in [4.69, 9.17) is 4.74 Å². The quantitative estimate of drug-likeness (QED) is 0.443. The summed E-state index contributed by atoms with van der Waals surface area (Å²) in [6, 6.07) is 2.89. The van der Waals surface area contributed by atoms with Crippen molar-refractivity contribution in [3.8, 4) is 11.5 Å². The molecule has 0 aromatic heterocycles. The van der Waals surface area contributed by atoms with E-state index in [1.165, 1.54) is 25.0 Å². The van der Waals surface area contributed by atoms with Gasteiger partial charge in [-0.25, -0.2) is 4.39 Å². The molecule has 0 bridgehead atoms. The van der Waals surface area contributed by atoms with Gasteiger partial charge in [0.05, 0.1) is 6.10 Å². The van der Waals surface area contributed by atoms with Crippen molar-refractivity contribution in [1.82, 2.24) is 0 Å². The van der Waals surface area contributed by atoms with Crippen LogP contribution in [0, 0.1) is 11.7 Å². The van der Waals surface area contributed by atoms with Gasteiger partial charge in [0.25, 0.3) is 0 Å². The molecule has 0 spiro atoms. The Labute approximate surface area is 144 Å². The van der Waals surface area contributed by atoms with Gasteiger partial charge in [0, 0.05) is 0 Å². The zero-order chi connectivity index (χ0) is 17.9. The highest BCUT2D eigenvalue weighted by Gasteiger charge is 2.35. The Kier molecular flexibility index (Phi) is 5.54. The summed E-state index contributed by atoms with van der Waals surface area (Å²) in [4.78, 5) is 0. The number of hydrogen-bond donors (Lipinski definition) is 0. The molecule has 2 saturated carbocycles. The molecule has 0 unspecified atom stereocenters. The minimum absolute atomic E-state index is 0.168. The fourth-order valence-electron chi connectivity index (χ4n) is 3.08. The van der Waals surface area contributed by atoms with Crippen LogP contribution in [-0.4, -0.2) is 12.5 Å². The second-order valence-electron chi connectivity index (χ2n) is 6.74. The third-order valence-corrected chi connectivity index (χ3v) is 4.57. The highest BCUT2D eigenvalue weighted by molar-refractivity contribution is 5.45. The van der Waals surface area contributed by atoms with Gasteiger partial charge in [-0.3, -0.25) is 0 Å². The van der Waals surface area contributed by atoms with Crippen molar-refractivity contribution in [2.75, 3.05) is 0 Å². The molecule has 2 nitrogen and oxygen atoms in total. The number of allylic oxidation sites excluding steroid dienone is 2. The summed E-state index contributed by atoms with van der Waals surface area (Å²) in [5.74, 6) is -1.37. The van der Waals surface area contributed by atoms with Crippen LogP contribution < -0.4 is 9.47 Å². The van der Waals surface area contributed by atoms with E-state index in [9.17, 15) is 17.6 Å². The number of alkyl halides is 3. The molecular weight excluding hydrogens is 336 g/mol. The predicted molar refractivity (Wildman–Crippen MR) is 86.2 cm³/mol. The second-order valence-corrected chi connectivity index (χ2v) is 6.74. The predicted octanol–water partition coefficient (Wildman–Crippen LogP) is 5.94. The molecule has 2 aliphatic carbocycles. The van der Waals surface area contributed by atoms with Crippen LogP contribution >= 0.6 is 0 Å². The molecule has 3 rings (SSSR count). The zero-order valence-electron chi connectivity index (χ0n) is 13.9. The SMILES string of the molecule is Fc1c(CC/C=C/C2CC2)ccc(OC2CCCC2)c1OC(F)(F)F. The molecule has 0 atom stereocenters. The van der Waals surface area contributed by atoms with E-state index in [0.29, 0.717) is 18.8 Å². The first kappa shape index (κ1) is 18.1. The van der Waals surface area contributed by atoms with E-state index in [1.807, 2.05) is 6.08 Å². The van der Waals surface area contributed by atoms with Crippen molar-refractivity contribution in [3.63, 3.8) is 0 Å². The second kappa shape index (κ2) is 7.67. The van der Waals surface area contributed by atoms with E-state index in [2.05, 4.69) is 10.8 Å². The van der Waals surface area contributed by atoms with Crippen molar-refractivity contribution in [2.24, 2.45) is 5.92 Å². The maximum absolute atomic E-state index is 14.6. The van der Waals surface area contributed by atoms with Gasteiger partial charge in [0.2, 0.25) is 5.75 Å². The van der Waals surface area contributed by atoms with Crippen molar-refractivity contribution in [3.05, 3.63) is 35.7 Å². The summed E-state index contributed by atoms with van der Waals surface area (Å²) in [5.41, 5.74) is 0.207. The molecule has 0 radical (unpaired) electrons.